The van der Waals surface area contributed by atoms with Gasteiger partial charge in [-0.15, -0.1) is 0 Å². The lowest BCUT2D eigenvalue weighted by Gasteiger charge is -2.11. The number of sulfonamides is 1. The van der Waals surface area contributed by atoms with Crippen LogP contribution in [-0.4, -0.2) is 28.9 Å². The maximum atomic E-state index is 12.9. The first kappa shape index (κ1) is 27.3. The van der Waals surface area contributed by atoms with Gasteiger partial charge in [0.1, 0.15) is 17.0 Å². The van der Waals surface area contributed by atoms with E-state index >= 15 is 0 Å². The van der Waals surface area contributed by atoms with Gasteiger partial charge in [-0.2, -0.15) is 0 Å². The second kappa shape index (κ2) is 11.5. The van der Waals surface area contributed by atoms with Crippen LogP contribution in [0.4, 0.5) is 0 Å². The molecular formula is C31H27ClN4O3S. The van der Waals surface area contributed by atoms with Crippen molar-refractivity contribution in [2.45, 2.75) is 31.2 Å². The van der Waals surface area contributed by atoms with Gasteiger partial charge in [0.05, 0.1) is 11.4 Å². The standard InChI is InChI=1S/C31H27ClN4O3S/c1-3-22-12-15-26(16-13-22)40(38,39)35-31(37)29-18-17-28-30(34-29)36(21(2)33-28)20-25-14-11-24(19-27(25)32)10-9-23-7-5-4-6-8-23/h3-8,11-19H,1,9-10,20H2,2H3,(H,35,37). The van der Waals surface area contributed by atoms with Gasteiger partial charge in [-0.05, 0) is 72.4 Å². The van der Waals surface area contributed by atoms with E-state index in [9.17, 15) is 13.2 Å². The maximum absolute atomic E-state index is 12.9. The van der Waals surface area contributed by atoms with E-state index < -0.39 is 15.9 Å². The number of pyridine rings is 1. The molecule has 7 nitrogen and oxygen atoms in total. The lowest BCUT2D eigenvalue weighted by molar-refractivity contribution is 0.0977. The van der Waals surface area contributed by atoms with Gasteiger partial charge in [-0.3, -0.25) is 4.79 Å². The van der Waals surface area contributed by atoms with Gasteiger partial charge >= 0.3 is 0 Å². The Kier molecular flexibility index (Phi) is 7.82. The number of benzene rings is 3. The molecule has 3 aromatic carbocycles. The Bertz CT molecular complexity index is 1820. The van der Waals surface area contributed by atoms with Crippen molar-refractivity contribution in [1.29, 1.82) is 0 Å². The van der Waals surface area contributed by atoms with Crippen molar-refractivity contribution in [3.8, 4) is 0 Å². The summed E-state index contributed by atoms with van der Waals surface area (Å²) in [6.07, 6.45) is 3.40. The fraction of sp³-hybridized carbons (Fsp3) is 0.129. The highest BCUT2D eigenvalue weighted by molar-refractivity contribution is 7.90. The molecule has 0 unspecified atom stereocenters. The van der Waals surface area contributed by atoms with Gasteiger partial charge in [-0.25, -0.2) is 23.1 Å². The largest absolute Gasteiger partial charge is 0.308 e. The molecule has 1 amide bonds. The number of hydrogen-bond donors (Lipinski definition) is 1. The van der Waals surface area contributed by atoms with Crippen LogP contribution in [0.1, 0.15) is 38.6 Å². The molecular weight excluding hydrogens is 544 g/mol. The Morgan fingerprint density at radius 1 is 0.950 bits per heavy atom. The van der Waals surface area contributed by atoms with Gasteiger partial charge in [0.2, 0.25) is 0 Å². The minimum atomic E-state index is -4.09. The molecule has 0 spiro atoms. The smallest absolute Gasteiger partial charge is 0.283 e. The number of aromatic nitrogens is 3. The summed E-state index contributed by atoms with van der Waals surface area (Å²) in [5.74, 6) is -0.139. The minimum absolute atomic E-state index is 0.0322. The van der Waals surface area contributed by atoms with Crippen LogP contribution in [0.2, 0.25) is 5.02 Å². The number of amides is 1. The molecule has 0 atom stereocenters. The van der Waals surface area contributed by atoms with Crippen LogP contribution in [0.25, 0.3) is 17.2 Å². The van der Waals surface area contributed by atoms with E-state index in [0.29, 0.717) is 28.6 Å². The third-order valence-electron chi connectivity index (χ3n) is 6.66. The van der Waals surface area contributed by atoms with Crippen LogP contribution < -0.4 is 4.72 Å². The Morgan fingerprint density at radius 3 is 2.38 bits per heavy atom. The summed E-state index contributed by atoms with van der Waals surface area (Å²) in [5.41, 5.74) is 5.07. The minimum Gasteiger partial charge on any atom is -0.308 e. The van der Waals surface area contributed by atoms with Crippen LogP contribution in [0, 0.1) is 6.92 Å². The molecule has 2 aromatic heterocycles. The van der Waals surface area contributed by atoms with Crippen molar-refractivity contribution in [3.63, 3.8) is 0 Å². The molecule has 0 fully saturated rings. The lowest BCUT2D eigenvalue weighted by Crippen LogP contribution is -2.31. The third kappa shape index (κ3) is 5.98. The van der Waals surface area contributed by atoms with Crippen molar-refractivity contribution in [2.75, 3.05) is 0 Å². The molecule has 0 radical (unpaired) electrons. The number of imidazole rings is 1. The number of aryl methyl sites for hydroxylation is 3. The van der Waals surface area contributed by atoms with Gasteiger partial charge in [0, 0.05) is 5.02 Å². The van der Waals surface area contributed by atoms with E-state index in [2.05, 4.69) is 39.5 Å². The van der Waals surface area contributed by atoms with Crippen molar-refractivity contribution < 1.29 is 13.2 Å². The summed E-state index contributed by atoms with van der Waals surface area (Å²) in [6.45, 7) is 5.90. The normalized spacial score (nSPS) is 11.4. The molecule has 1 N–H and O–H groups in total. The van der Waals surface area contributed by atoms with E-state index in [-0.39, 0.29) is 10.6 Å². The first-order chi connectivity index (χ1) is 19.2. The van der Waals surface area contributed by atoms with Crippen LogP contribution in [0.15, 0.2) is 96.4 Å². The maximum Gasteiger partial charge on any atom is 0.283 e. The summed E-state index contributed by atoms with van der Waals surface area (Å²) in [6, 6.07) is 25.5. The van der Waals surface area contributed by atoms with E-state index in [1.165, 1.54) is 23.8 Å². The average molecular weight is 571 g/mol. The first-order valence-corrected chi connectivity index (χ1v) is 14.5. The highest BCUT2D eigenvalue weighted by Crippen LogP contribution is 2.23. The molecule has 0 bridgehead atoms. The number of rotatable bonds is 9. The second-order valence-corrected chi connectivity index (χ2v) is 11.5. The van der Waals surface area contributed by atoms with Crippen molar-refractivity contribution in [3.05, 3.63) is 130 Å². The first-order valence-electron chi connectivity index (χ1n) is 12.7. The number of fused-ring (bicyclic) bond motifs is 1. The van der Waals surface area contributed by atoms with Crippen LogP contribution in [0.3, 0.4) is 0 Å². The van der Waals surface area contributed by atoms with Gasteiger partial charge in [0.15, 0.2) is 5.65 Å². The van der Waals surface area contributed by atoms with E-state index in [0.717, 1.165) is 29.5 Å². The van der Waals surface area contributed by atoms with Gasteiger partial charge in [-0.1, -0.05) is 78.9 Å². The molecule has 0 aliphatic heterocycles. The van der Waals surface area contributed by atoms with Crippen LogP contribution >= 0.6 is 11.6 Å². The molecule has 202 valence electrons. The van der Waals surface area contributed by atoms with Crippen LogP contribution in [0.5, 0.6) is 0 Å². The van der Waals surface area contributed by atoms with Crippen LogP contribution in [-0.2, 0) is 29.4 Å². The van der Waals surface area contributed by atoms with Crippen molar-refractivity contribution in [2.24, 2.45) is 0 Å². The molecule has 2 heterocycles. The Labute approximate surface area is 238 Å². The highest BCUT2D eigenvalue weighted by Gasteiger charge is 2.21. The van der Waals surface area contributed by atoms with Gasteiger partial charge in [0.25, 0.3) is 15.9 Å². The summed E-state index contributed by atoms with van der Waals surface area (Å²) in [7, 11) is -4.09. The highest BCUT2D eigenvalue weighted by atomic mass is 35.5. The summed E-state index contributed by atoms with van der Waals surface area (Å²) < 4.78 is 29.5. The molecule has 5 aromatic rings. The predicted octanol–water partition coefficient (Wildman–Crippen LogP) is 5.99. The zero-order chi connectivity index (χ0) is 28.3. The van der Waals surface area contributed by atoms with E-state index in [4.69, 9.17) is 11.6 Å². The zero-order valence-corrected chi connectivity index (χ0v) is 23.4. The molecule has 0 aliphatic rings. The molecule has 0 aliphatic carbocycles. The molecule has 9 heteroatoms. The Morgan fingerprint density at radius 2 is 1.68 bits per heavy atom. The number of hydrogen-bond acceptors (Lipinski definition) is 5. The SMILES string of the molecule is C=Cc1ccc(S(=O)(=O)NC(=O)c2ccc3nc(C)n(Cc4ccc(CCc5ccccc5)cc4Cl)c3n2)cc1. The fourth-order valence-electron chi connectivity index (χ4n) is 4.43. The number of halogens is 1. The lowest BCUT2D eigenvalue weighted by atomic mass is 10.0. The van der Waals surface area contributed by atoms with Crippen molar-refractivity contribution in [1.82, 2.24) is 19.3 Å². The van der Waals surface area contributed by atoms with E-state index in [1.807, 2.05) is 41.8 Å². The summed E-state index contributed by atoms with van der Waals surface area (Å²) in [4.78, 5) is 21.9. The van der Waals surface area contributed by atoms with E-state index in [1.54, 1.807) is 24.3 Å². The topological polar surface area (TPSA) is 94.0 Å². The summed E-state index contributed by atoms with van der Waals surface area (Å²) >= 11 is 6.67. The number of carbonyl (C=O) groups excluding carboxylic acids is 1. The predicted molar refractivity (Wildman–Crippen MR) is 158 cm³/mol. The molecule has 0 saturated heterocycles. The Balaban J connectivity index is 1.35. The van der Waals surface area contributed by atoms with Crippen molar-refractivity contribution >= 4 is 44.8 Å². The third-order valence-corrected chi connectivity index (χ3v) is 8.36. The second-order valence-electron chi connectivity index (χ2n) is 9.40. The Hall–Kier alpha value is -4.27. The van der Waals surface area contributed by atoms with Gasteiger partial charge < -0.3 is 4.57 Å². The quantitative estimate of drug-likeness (QED) is 0.235. The number of nitrogens with one attached hydrogen (secondary N) is 1. The number of nitrogens with zero attached hydrogens (tertiary/aromatic N) is 3. The molecule has 0 saturated carbocycles. The average Bonchev–Trinajstić information content (AvgIpc) is 3.27. The number of carbonyl (C=O) groups is 1. The molecule has 40 heavy (non-hydrogen) atoms. The summed E-state index contributed by atoms with van der Waals surface area (Å²) in [5, 5.41) is 0.634. The molecule has 5 rings (SSSR count). The fourth-order valence-corrected chi connectivity index (χ4v) is 5.65. The zero-order valence-electron chi connectivity index (χ0n) is 21.8. The monoisotopic (exact) mass is 570 g/mol.